The number of allylic oxidation sites excluding steroid dienone is 1. The summed E-state index contributed by atoms with van der Waals surface area (Å²) in [6.07, 6.45) is 19.5. The van der Waals surface area contributed by atoms with Crippen LogP contribution < -0.4 is 5.32 Å². The quantitative estimate of drug-likeness (QED) is 0.605. The van der Waals surface area contributed by atoms with Crippen LogP contribution in [0.5, 0.6) is 0 Å². The van der Waals surface area contributed by atoms with Crippen LogP contribution in [-0.2, 0) is 0 Å². The molecule has 2 rings (SSSR count). The maximum Gasteiger partial charge on any atom is 0.0307 e. The van der Waals surface area contributed by atoms with Crippen LogP contribution in [-0.4, -0.2) is 12.6 Å². The Labute approximate surface area is 133 Å². The predicted molar refractivity (Wildman–Crippen MR) is 93.6 cm³/mol. The first kappa shape index (κ1) is 17.1. The number of rotatable bonds is 6. The minimum Gasteiger partial charge on any atom is -0.310 e. The van der Waals surface area contributed by atoms with Gasteiger partial charge in [0.15, 0.2) is 0 Å². The summed E-state index contributed by atoms with van der Waals surface area (Å²) in [4.78, 5) is 0. The van der Waals surface area contributed by atoms with Crippen molar-refractivity contribution in [3.8, 4) is 0 Å². The molecular formula is C20H37N. The first-order chi connectivity index (χ1) is 10.3. The second kappa shape index (κ2) is 9.66. The lowest BCUT2D eigenvalue weighted by Crippen LogP contribution is -2.40. The fourth-order valence-electron chi connectivity index (χ4n) is 4.41. The summed E-state index contributed by atoms with van der Waals surface area (Å²) in [5, 5.41) is 3.93. The molecule has 1 fully saturated rings. The van der Waals surface area contributed by atoms with Gasteiger partial charge in [-0.15, -0.1) is 0 Å². The Kier molecular flexibility index (Phi) is 7.85. The van der Waals surface area contributed by atoms with Crippen molar-refractivity contribution in [1.29, 1.82) is 0 Å². The van der Waals surface area contributed by atoms with Gasteiger partial charge in [-0.1, -0.05) is 57.6 Å². The van der Waals surface area contributed by atoms with E-state index in [1.54, 1.807) is 5.57 Å². The summed E-state index contributed by atoms with van der Waals surface area (Å²) in [5.74, 6) is 1.89. The van der Waals surface area contributed by atoms with Crippen LogP contribution in [0.4, 0.5) is 0 Å². The zero-order valence-corrected chi connectivity index (χ0v) is 14.5. The third kappa shape index (κ3) is 5.43. The summed E-state index contributed by atoms with van der Waals surface area (Å²) in [5.41, 5.74) is 1.77. The largest absolute Gasteiger partial charge is 0.310 e. The molecule has 0 bridgehead atoms. The van der Waals surface area contributed by atoms with Crippen LogP contribution >= 0.6 is 0 Å². The van der Waals surface area contributed by atoms with Crippen molar-refractivity contribution in [3.63, 3.8) is 0 Å². The topological polar surface area (TPSA) is 12.0 Å². The molecule has 3 unspecified atom stereocenters. The minimum atomic E-state index is 0.692. The van der Waals surface area contributed by atoms with E-state index in [2.05, 4.69) is 25.2 Å². The zero-order valence-electron chi connectivity index (χ0n) is 14.5. The highest BCUT2D eigenvalue weighted by molar-refractivity contribution is 5.14. The SMILES string of the molecule is CCCNC(C1=CCCCCCC1)C1CCCC(CC)C1. The van der Waals surface area contributed by atoms with Crippen molar-refractivity contribution in [2.75, 3.05) is 6.54 Å². The van der Waals surface area contributed by atoms with Gasteiger partial charge in [0, 0.05) is 6.04 Å². The Balaban J connectivity index is 2.04. The molecule has 2 aliphatic rings. The Morgan fingerprint density at radius 3 is 2.76 bits per heavy atom. The van der Waals surface area contributed by atoms with Gasteiger partial charge in [-0.3, -0.25) is 0 Å². The van der Waals surface area contributed by atoms with Crippen molar-refractivity contribution < 1.29 is 0 Å². The average Bonchev–Trinajstić information content (AvgIpc) is 2.49. The summed E-state index contributed by atoms with van der Waals surface area (Å²) in [6, 6.07) is 0.692. The third-order valence-corrected chi connectivity index (χ3v) is 5.71. The second-order valence-electron chi connectivity index (χ2n) is 7.36. The fraction of sp³-hybridized carbons (Fsp3) is 0.900. The van der Waals surface area contributed by atoms with Gasteiger partial charge in [0.1, 0.15) is 0 Å². The molecule has 1 saturated carbocycles. The molecular weight excluding hydrogens is 254 g/mol. The highest BCUT2D eigenvalue weighted by Crippen LogP contribution is 2.36. The maximum atomic E-state index is 3.93. The Morgan fingerprint density at radius 2 is 1.95 bits per heavy atom. The molecule has 122 valence electrons. The van der Waals surface area contributed by atoms with Gasteiger partial charge in [0.05, 0.1) is 0 Å². The first-order valence-corrected chi connectivity index (χ1v) is 9.77. The molecule has 0 aromatic rings. The van der Waals surface area contributed by atoms with Gasteiger partial charge in [-0.25, -0.2) is 0 Å². The molecule has 0 radical (unpaired) electrons. The van der Waals surface area contributed by atoms with Gasteiger partial charge < -0.3 is 5.32 Å². The summed E-state index contributed by atoms with van der Waals surface area (Å²) < 4.78 is 0. The highest BCUT2D eigenvalue weighted by atomic mass is 14.9. The zero-order chi connectivity index (χ0) is 14.9. The molecule has 0 aromatic carbocycles. The smallest absolute Gasteiger partial charge is 0.0307 e. The Hall–Kier alpha value is -0.300. The number of hydrogen-bond acceptors (Lipinski definition) is 1. The molecule has 0 heterocycles. The predicted octanol–water partition coefficient (Wildman–Crippen LogP) is 5.85. The Bertz CT molecular complexity index is 307. The Morgan fingerprint density at radius 1 is 1.10 bits per heavy atom. The summed E-state index contributed by atoms with van der Waals surface area (Å²) >= 11 is 0. The molecule has 0 spiro atoms. The van der Waals surface area contributed by atoms with Gasteiger partial charge in [0.25, 0.3) is 0 Å². The molecule has 1 N–H and O–H groups in total. The standard InChI is InChI=1S/C20H37N/c1-3-15-21-20(18-12-8-6-5-7-9-13-18)19-14-10-11-17(4-2)16-19/h12,17,19-21H,3-11,13-16H2,1-2H3. The first-order valence-electron chi connectivity index (χ1n) is 9.77. The van der Waals surface area contributed by atoms with E-state index >= 15 is 0 Å². The lowest BCUT2D eigenvalue weighted by atomic mass is 9.74. The van der Waals surface area contributed by atoms with E-state index in [-0.39, 0.29) is 0 Å². The molecule has 0 saturated heterocycles. The van der Waals surface area contributed by atoms with Crippen molar-refractivity contribution in [3.05, 3.63) is 11.6 Å². The molecule has 0 aliphatic heterocycles. The maximum absolute atomic E-state index is 3.93. The molecule has 0 aromatic heterocycles. The van der Waals surface area contributed by atoms with E-state index in [9.17, 15) is 0 Å². The van der Waals surface area contributed by atoms with Gasteiger partial charge >= 0.3 is 0 Å². The van der Waals surface area contributed by atoms with Gasteiger partial charge in [0.2, 0.25) is 0 Å². The lowest BCUT2D eigenvalue weighted by Gasteiger charge is -2.37. The van der Waals surface area contributed by atoms with Crippen LogP contribution in [0.15, 0.2) is 11.6 Å². The van der Waals surface area contributed by atoms with Crippen molar-refractivity contribution in [1.82, 2.24) is 5.32 Å². The van der Waals surface area contributed by atoms with Crippen LogP contribution in [0.3, 0.4) is 0 Å². The fourth-order valence-corrected chi connectivity index (χ4v) is 4.41. The van der Waals surface area contributed by atoms with E-state index in [4.69, 9.17) is 0 Å². The number of nitrogens with one attached hydrogen (secondary N) is 1. The second-order valence-corrected chi connectivity index (χ2v) is 7.36. The third-order valence-electron chi connectivity index (χ3n) is 5.71. The summed E-state index contributed by atoms with van der Waals surface area (Å²) in [6.45, 7) is 5.87. The molecule has 2 aliphatic carbocycles. The van der Waals surface area contributed by atoms with E-state index < -0.39 is 0 Å². The van der Waals surface area contributed by atoms with Crippen molar-refractivity contribution in [2.45, 2.75) is 96.9 Å². The van der Waals surface area contributed by atoms with Gasteiger partial charge in [-0.05, 0) is 63.3 Å². The lowest BCUT2D eigenvalue weighted by molar-refractivity contribution is 0.221. The average molecular weight is 292 g/mol. The van der Waals surface area contributed by atoms with Crippen LogP contribution in [0.25, 0.3) is 0 Å². The molecule has 3 atom stereocenters. The monoisotopic (exact) mass is 291 g/mol. The van der Waals surface area contributed by atoms with Crippen molar-refractivity contribution >= 4 is 0 Å². The molecule has 1 nitrogen and oxygen atoms in total. The normalized spacial score (nSPS) is 29.3. The van der Waals surface area contributed by atoms with Crippen molar-refractivity contribution in [2.24, 2.45) is 11.8 Å². The molecule has 1 heteroatoms. The molecule has 0 amide bonds. The van der Waals surface area contributed by atoms with E-state index in [0.717, 1.165) is 11.8 Å². The van der Waals surface area contributed by atoms with Crippen LogP contribution in [0, 0.1) is 11.8 Å². The van der Waals surface area contributed by atoms with Crippen LogP contribution in [0.1, 0.15) is 90.9 Å². The highest BCUT2D eigenvalue weighted by Gasteiger charge is 2.29. The summed E-state index contributed by atoms with van der Waals surface area (Å²) in [7, 11) is 0. The molecule has 21 heavy (non-hydrogen) atoms. The number of hydrogen-bond donors (Lipinski definition) is 1. The van der Waals surface area contributed by atoms with E-state index in [1.165, 1.54) is 83.6 Å². The van der Waals surface area contributed by atoms with Crippen LogP contribution in [0.2, 0.25) is 0 Å². The van der Waals surface area contributed by atoms with E-state index in [1.807, 2.05) is 0 Å². The van der Waals surface area contributed by atoms with E-state index in [0.29, 0.717) is 6.04 Å². The minimum absolute atomic E-state index is 0.692. The van der Waals surface area contributed by atoms with Gasteiger partial charge in [-0.2, -0.15) is 0 Å².